The molecule has 0 radical (unpaired) electrons. The quantitative estimate of drug-likeness (QED) is 0.605. The van der Waals surface area contributed by atoms with Gasteiger partial charge in [-0.15, -0.1) is 18.2 Å². The lowest BCUT2D eigenvalue weighted by molar-refractivity contribution is -0.120. The highest BCUT2D eigenvalue weighted by Crippen LogP contribution is 2.23. The molecule has 96 valence electrons. The van der Waals surface area contributed by atoms with E-state index in [1.54, 1.807) is 0 Å². The van der Waals surface area contributed by atoms with Crippen LogP contribution in [0.15, 0.2) is 29.2 Å². The third-order valence-corrected chi connectivity index (χ3v) is 3.46. The standard InChI is InChI=1S/C14H18N2OS/c1-4-9-16-14(17)11(2)18-13-7-5-12(6-8-13)10-15-3/h1,5-8,11,15H,9-10H2,2-3H3,(H,16,17). The third kappa shape index (κ3) is 4.82. The van der Waals surface area contributed by atoms with Crippen molar-refractivity contribution in [3.05, 3.63) is 29.8 Å². The number of rotatable bonds is 6. The zero-order valence-electron chi connectivity index (χ0n) is 10.7. The Morgan fingerprint density at radius 1 is 1.44 bits per heavy atom. The maximum Gasteiger partial charge on any atom is 0.233 e. The lowest BCUT2D eigenvalue weighted by Gasteiger charge is -2.10. The van der Waals surface area contributed by atoms with Gasteiger partial charge in [0.1, 0.15) is 0 Å². The maximum absolute atomic E-state index is 11.6. The number of hydrogen-bond donors (Lipinski definition) is 2. The van der Waals surface area contributed by atoms with E-state index in [0.29, 0.717) is 0 Å². The van der Waals surface area contributed by atoms with Gasteiger partial charge in [0.15, 0.2) is 0 Å². The first kappa shape index (κ1) is 14.6. The molecular formula is C14H18N2OS. The summed E-state index contributed by atoms with van der Waals surface area (Å²) >= 11 is 1.53. The molecule has 1 aromatic rings. The average molecular weight is 262 g/mol. The first-order valence-electron chi connectivity index (χ1n) is 5.78. The number of amides is 1. The molecule has 18 heavy (non-hydrogen) atoms. The van der Waals surface area contributed by atoms with Gasteiger partial charge in [0.05, 0.1) is 11.8 Å². The zero-order chi connectivity index (χ0) is 13.4. The lowest BCUT2D eigenvalue weighted by Crippen LogP contribution is -2.30. The smallest absolute Gasteiger partial charge is 0.233 e. The van der Waals surface area contributed by atoms with Crippen molar-refractivity contribution < 1.29 is 4.79 Å². The minimum Gasteiger partial charge on any atom is -0.344 e. The van der Waals surface area contributed by atoms with Crippen LogP contribution < -0.4 is 10.6 Å². The molecule has 0 saturated carbocycles. The summed E-state index contributed by atoms with van der Waals surface area (Å²) in [7, 11) is 1.92. The van der Waals surface area contributed by atoms with Gasteiger partial charge >= 0.3 is 0 Å². The van der Waals surface area contributed by atoms with E-state index in [4.69, 9.17) is 6.42 Å². The molecule has 0 bridgehead atoms. The summed E-state index contributed by atoms with van der Waals surface area (Å²) in [6.45, 7) is 3.01. The van der Waals surface area contributed by atoms with Gasteiger partial charge in [-0.3, -0.25) is 4.79 Å². The Bertz CT molecular complexity index is 422. The van der Waals surface area contributed by atoms with Crippen LogP contribution in [0, 0.1) is 12.3 Å². The molecule has 0 aromatic heterocycles. The Morgan fingerprint density at radius 3 is 2.67 bits per heavy atom. The molecule has 0 spiro atoms. The van der Waals surface area contributed by atoms with Crippen molar-refractivity contribution in [3.8, 4) is 12.3 Å². The van der Waals surface area contributed by atoms with Gasteiger partial charge in [-0.25, -0.2) is 0 Å². The number of benzene rings is 1. The first-order chi connectivity index (χ1) is 8.67. The number of carbonyl (C=O) groups excluding carboxylic acids is 1. The van der Waals surface area contributed by atoms with Crippen LogP contribution in [0.3, 0.4) is 0 Å². The largest absolute Gasteiger partial charge is 0.344 e. The molecule has 3 nitrogen and oxygen atoms in total. The summed E-state index contributed by atoms with van der Waals surface area (Å²) in [5, 5.41) is 5.63. The predicted octanol–water partition coefficient (Wildman–Crippen LogP) is 1.64. The number of thioether (sulfide) groups is 1. The van der Waals surface area contributed by atoms with Gasteiger partial charge in [-0.05, 0) is 31.7 Å². The highest BCUT2D eigenvalue weighted by Gasteiger charge is 2.13. The van der Waals surface area contributed by atoms with E-state index in [1.807, 2.05) is 26.1 Å². The van der Waals surface area contributed by atoms with Gasteiger partial charge in [0, 0.05) is 11.4 Å². The molecule has 0 aliphatic rings. The number of terminal acetylenes is 1. The van der Waals surface area contributed by atoms with E-state index in [-0.39, 0.29) is 17.7 Å². The van der Waals surface area contributed by atoms with Crippen LogP contribution in [0.5, 0.6) is 0 Å². The van der Waals surface area contributed by atoms with Gasteiger partial charge in [-0.1, -0.05) is 18.1 Å². The molecule has 0 heterocycles. The number of hydrogen-bond acceptors (Lipinski definition) is 3. The van der Waals surface area contributed by atoms with Crippen molar-refractivity contribution in [1.82, 2.24) is 10.6 Å². The number of carbonyl (C=O) groups is 1. The van der Waals surface area contributed by atoms with Gasteiger partial charge in [0.25, 0.3) is 0 Å². The van der Waals surface area contributed by atoms with Crippen LogP contribution in [0.1, 0.15) is 12.5 Å². The average Bonchev–Trinajstić information content (AvgIpc) is 2.38. The molecule has 0 aliphatic carbocycles. The molecule has 2 N–H and O–H groups in total. The second-order valence-corrected chi connectivity index (χ2v) is 5.27. The summed E-state index contributed by atoms with van der Waals surface area (Å²) in [6.07, 6.45) is 5.10. The monoisotopic (exact) mass is 262 g/mol. The van der Waals surface area contributed by atoms with Crippen molar-refractivity contribution in [2.75, 3.05) is 13.6 Å². The van der Waals surface area contributed by atoms with Crippen LogP contribution in [0.4, 0.5) is 0 Å². The van der Waals surface area contributed by atoms with E-state index >= 15 is 0 Å². The van der Waals surface area contributed by atoms with Crippen LogP contribution >= 0.6 is 11.8 Å². The van der Waals surface area contributed by atoms with E-state index in [0.717, 1.165) is 11.4 Å². The fraction of sp³-hybridized carbons (Fsp3) is 0.357. The lowest BCUT2D eigenvalue weighted by atomic mass is 10.2. The van der Waals surface area contributed by atoms with E-state index < -0.39 is 0 Å². The van der Waals surface area contributed by atoms with Crippen LogP contribution in [0.2, 0.25) is 0 Å². The van der Waals surface area contributed by atoms with Crippen molar-refractivity contribution in [2.45, 2.75) is 23.6 Å². The highest BCUT2D eigenvalue weighted by atomic mass is 32.2. The molecule has 1 atom stereocenters. The summed E-state index contributed by atoms with van der Waals surface area (Å²) in [5.41, 5.74) is 1.23. The van der Waals surface area contributed by atoms with Crippen molar-refractivity contribution >= 4 is 17.7 Å². The predicted molar refractivity (Wildman–Crippen MR) is 76.4 cm³/mol. The molecule has 1 rings (SSSR count). The molecule has 1 aromatic carbocycles. The Balaban J connectivity index is 2.51. The van der Waals surface area contributed by atoms with Gasteiger partial charge in [0.2, 0.25) is 5.91 Å². The second kappa shape index (κ2) is 7.80. The van der Waals surface area contributed by atoms with Crippen molar-refractivity contribution in [3.63, 3.8) is 0 Å². The number of nitrogens with one attached hydrogen (secondary N) is 2. The molecule has 1 amide bonds. The van der Waals surface area contributed by atoms with Crippen LogP contribution in [-0.4, -0.2) is 24.7 Å². The molecule has 0 aliphatic heterocycles. The van der Waals surface area contributed by atoms with E-state index in [2.05, 4.69) is 28.7 Å². The summed E-state index contributed by atoms with van der Waals surface area (Å²) in [5.74, 6) is 2.36. The molecule has 1 unspecified atom stereocenters. The normalized spacial score (nSPS) is 11.6. The van der Waals surface area contributed by atoms with Gasteiger partial charge < -0.3 is 10.6 Å². The SMILES string of the molecule is C#CCNC(=O)C(C)Sc1ccc(CNC)cc1. The zero-order valence-corrected chi connectivity index (χ0v) is 11.5. The summed E-state index contributed by atoms with van der Waals surface area (Å²) < 4.78 is 0. The summed E-state index contributed by atoms with van der Waals surface area (Å²) in [6, 6.07) is 8.18. The fourth-order valence-electron chi connectivity index (χ4n) is 1.43. The Labute approximate surface area is 113 Å². The Kier molecular flexibility index (Phi) is 6.34. The first-order valence-corrected chi connectivity index (χ1v) is 6.66. The minimum absolute atomic E-state index is 0.0303. The third-order valence-electron chi connectivity index (χ3n) is 2.35. The highest BCUT2D eigenvalue weighted by molar-refractivity contribution is 8.00. The van der Waals surface area contributed by atoms with E-state index in [9.17, 15) is 4.79 Å². The Morgan fingerprint density at radius 2 is 2.11 bits per heavy atom. The minimum atomic E-state index is -0.145. The molecular weight excluding hydrogens is 244 g/mol. The van der Waals surface area contributed by atoms with Crippen LogP contribution in [-0.2, 0) is 11.3 Å². The van der Waals surface area contributed by atoms with E-state index in [1.165, 1.54) is 17.3 Å². The molecule has 0 fully saturated rings. The maximum atomic E-state index is 11.6. The topological polar surface area (TPSA) is 41.1 Å². The molecule has 4 heteroatoms. The molecule has 0 saturated heterocycles. The second-order valence-electron chi connectivity index (χ2n) is 3.86. The fourth-order valence-corrected chi connectivity index (χ4v) is 2.32. The van der Waals surface area contributed by atoms with Crippen LogP contribution in [0.25, 0.3) is 0 Å². The van der Waals surface area contributed by atoms with Crippen molar-refractivity contribution in [2.24, 2.45) is 0 Å². The van der Waals surface area contributed by atoms with Crippen molar-refractivity contribution in [1.29, 1.82) is 0 Å². The van der Waals surface area contributed by atoms with Gasteiger partial charge in [-0.2, -0.15) is 0 Å². The summed E-state index contributed by atoms with van der Waals surface area (Å²) in [4.78, 5) is 12.7. The Hall–Kier alpha value is -1.44.